The minimum Gasteiger partial charge on any atom is -0.493 e. The monoisotopic (exact) mass is 611 g/mol. The van der Waals surface area contributed by atoms with E-state index in [1.807, 2.05) is 0 Å². The third-order valence-electron chi connectivity index (χ3n) is 7.68. The average Bonchev–Trinajstić information content (AvgIpc) is 3.03. The Labute approximate surface area is 252 Å². The van der Waals surface area contributed by atoms with E-state index in [1.165, 1.54) is 55.5 Å². The van der Waals surface area contributed by atoms with Crippen molar-refractivity contribution in [3.05, 3.63) is 84.2 Å². The van der Waals surface area contributed by atoms with Crippen LogP contribution in [0.2, 0.25) is 0 Å². The first-order chi connectivity index (χ1) is 20.6. The number of sulfonamides is 1. The molecule has 1 N–H and O–H groups in total. The van der Waals surface area contributed by atoms with Crippen LogP contribution in [0, 0.1) is 5.82 Å². The van der Waals surface area contributed by atoms with Crippen molar-refractivity contribution in [1.29, 1.82) is 0 Å². The van der Waals surface area contributed by atoms with Gasteiger partial charge in [-0.15, -0.1) is 0 Å². The molecule has 9 nitrogen and oxygen atoms in total. The maximum absolute atomic E-state index is 14.8. The van der Waals surface area contributed by atoms with Gasteiger partial charge in [0, 0.05) is 24.2 Å². The molecule has 4 rings (SSSR count). The molecule has 0 heterocycles. The quantitative estimate of drug-likeness (QED) is 0.312. The number of carbonyl (C=O) groups is 2. The number of para-hydroxylation sites is 1. The molecule has 0 saturated heterocycles. The summed E-state index contributed by atoms with van der Waals surface area (Å²) in [7, 11) is -1.48. The molecule has 0 aliphatic heterocycles. The summed E-state index contributed by atoms with van der Waals surface area (Å²) in [6, 6.07) is 17.4. The van der Waals surface area contributed by atoms with E-state index in [4.69, 9.17) is 9.47 Å². The molecule has 1 aliphatic carbocycles. The van der Waals surface area contributed by atoms with Gasteiger partial charge in [0.15, 0.2) is 11.5 Å². The third kappa shape index (κ3) is 7.64. The molecular weight excluding hydrogens is 573 g/mol. The highest BCUT2D eigenvalue weighted by Gasteiger charge is 2.34. The van der Waals surface area contributed by atoms with E-state index in [2.05, 4.69) is 5.32 Å². The van der Waals surface area contributed by atoms with Gasteiger partial charge in [-0.2, -0.15) is 0 Å². The number of benzene rings is 3. The number of rotatable bonds is 12. The van der Waals surface area contributed by atoms with E-state index in [9.17, 15) is 22.4 Å². The summed E-state index contributed by atoms with van der Waals surface area (Å²) in [4.78, 5) is 28.5. The van der Waals surface area contributed by atoms with Gasteiger partial charge in [-0.3, -0.25) is 13.9 Å². The van der Waals surface area contributed by atoms with Crippen molar-refractivity contribution in [2.45, 2.75) is 62.6 Å². The van der Waals surface area contributed by atoms with Crippen molar-refractivity contribution in [3.8, 4) is 11.5 Å². The van der Waals surface area contributed by atoms with Crippen molar-refractivity contribution in [1.82, 2.24) is 10.2 Å². The molecule has 0 unspecified atom stereocenters. The standard InChI is InChI=1S/C32H38FN3O6S/c1-23(32(38)34-25-13-6-4-7-14-25)35(21-24-12-10-11-17-28(24)33)31(37)22-36(26-15-8-5-9-16-26)43(39,40)27-18-19-29(41-2)30(20-27)42-3/h5,8-12,15-20,23,25H,4,6-7,13-14,21-22H2,1-3H3,(H,34,38)/t23-/m1/s1. The van der Waals surface area contributed by atoms with Gasteiger partial charge in [-0.1, -0.05) is 55.7 Å². The zero-order valence-corrected chi connectivity index (χ0v) is 25.5. The lowest BCUT2D eigenvalue weighted by Crippen LogP contribution is -2.53. The highest BCUT2D eigenvalue weighted by atomic mass is 32.2. The number of hydrogen-bond acceptors (Lipinski definition) is 6. The Balaban J connectivity index is 1.69. The largest absolute Gasteiger partial charge is 0.493 e. The van der Waals surface area contributed by atoms with E-state index in [0.29, 0.717) is 5.75 Å². The SMILES string of the molecule is COc1ccc(S(=O)(=O)N(CC(=O)N(Cc2ccccc2F)[C@H](C)C(=O)NC2CCCCC2)c2ccccc2)cc1OC. The minimum absolute atomic E-state index is 0.000334. The van der Waals surface area contributed by atoms with E-state index in [1.54, 1.807) is 43.3 Å². The third-order valence-corrected chi connectivity index (χ3v) is 9.45. The van der Waals surface area contributed by atoms with Gasteiger partial charge >= 0.3 is 0 Å². The molecule has 0 spiro atoms. The van der Waals surface area contributed by atoms with Crippen molar-refractivity contribution in [2.24, 2.45) is 0 Å². The first-order valence-electron chi connectivity index (χ1n) is 14.3. The van der Waals surface area contributed by atoms with E-state index in [-0.39, 0.29) is 40.4 Å². The maximum atomic E-state index is 14.8. The number of amides is 2. The van der Waals surface area contributed by atoms with Crippen molar-refractivity contribution in [3.63, 3.8) is 0 Å². The average molecular weight is 612 g/mol. The molecular formula is C32H38FN3O6S. The summed E-state index contributed by atoms with van der Waals surface area (Å²) < 4.78 is 54.4. The number of halogens is 1. The second kappa shape index (κ2) is 14.4. The fourth-order valence-corrected chi connectivity index (χ4v) is 6.62. The van der Waals surface area contributed by atoms with E-state index >= 15 is 0 Å². The van der Waals surface area contributed by atoms with Crippen LogP contribution >= 0.6 is 0 Å². The fourth-order valence-electron chi connectivity index (χ4n) is 5.19. The van der Waals surface area contributed by atoms with Crippen LogP contribution in [-0.4, -0.2) is 58.0 Å². The van der Waals surface area contributed by atoms with Crippen LogP contribution in [0.5, 0.6) is 11.5 Å². The smallest absolute Gasteiger partial charge is 0.264 e. The second-order valence-corrected chi connectivity index (χ2v) is 12.4. The fraction of sp³-hybridized carbons (Fsp3) is 0.375. The van der Waals surface area contributed by atoms with Gasteiger partial charge in [0.1, 0.15) is 18.4 Å². The van der Waals surface area contributed by atoms with Crippen LogP contribution in [0.25, 0.3) is 0 Å². The molecule has 1 aliphatic rings. The van der Waals surface area contributed by atoms with Crippen molar-refractivity contribution >= 4 is 27.5 Å². The lowest BCUT2D eigenvalue weighted by atomic mass is 9.95. The van der Waals surface area contributed by atoms with Crippen LogP contribution in [0.15, 0.2) is 77.7 Å². The normalized spacial score (nSPS) is 14.4. The lowest BCUT2D eigenvalue weighted by molar-refractivity contribution is -0.139. The number of ether oxygens (including phenoxy) is 2. The minimum atomic E-state index is -4.31. The van der Waals surface area contributed by atoms with Crippen LogP contribution in [0.1, 0.15) is 44.6 Å². The van der Waals surface area contributed by atoms with Gasteiger partial charge in [-0.25, -0.2) is 12.8 Å². The number of methoxy groups -OCH3 is 2. The molecule has 2 amide bonds. The Kier molecular flexibility index (Phi) is 10.6. The number of nitrogens with one attached hydrogen (secondary N) is 1. The molecule has 1 atom stereocenters. The highest BCUT2D eigenvalue weighted by Crippen LogP contribution is 2.32. The lowest BCUT2D eigenvalue weighted by Gasteiger charge is -2.33. The molecule has 0 bridgehead atoms. The van der Waals surface area contributed by atoms with Gasteiger partial charge in [0.05, 0.1) is 24.8 Å². The Bertz CT molecular complexity index is 1510. The molecule has 3 aromatic carbocycles. The summed E-state index contributed by atoms with van der Waals surface area (Å²) in [6.45, 7) is 0.729. The van der Waals surface area contributed by atoms with Crippen LogP contribution < -0.4 is 19.1 Å². The molecule has 11 heteroatoms. The first kappa shape index (κ1) is 31.8. The topological polar surface area (TPSA) is 105 Å². The highest BCUT2D eigenvalue weighted by molar-refractivity contribution is 7.92. The molecule has 43 heavy (non-hydrogen) atoms. The number of carbonyl (C=O) groups excluding carboxylic acids is 2. The van der Waals surface area contributed by atoms with Crippen LogP contribution in [0.4, 0.5) is 10.1 Å². The van der Waals surface area contributed by atoms with Crippen LogP contribution in [-0.2, 0) is 26.2 Å². The van der Waals surface area contributed by atoms with Gasteiger partial charge in [0.2, 0.25) is 11.8 Å². The summed E-state index contributed by atoms with van der Waals surface area (Å²) in [5, 5.41) is 3.03. The number of anilines is 1. The summed E-state index contributed by atoms with van der Waals surface area (Å²) >= 11 is 0. The molecule has 1 saturated carbocycles. The Hall–Kier alpha value is -4.12. The molecule has 0 radical (unpaired) electrons. The van der Waals surface area contributed by atoms with Crippen molar-refractivity contribution in [2.75, 3.05) is 25.1 Å². The summed E-state index contributed by atoms with van der Waals surface area (Å²) in [5.41, 5.74) is 0.456. The number of hydrogen-bond donors (Lipinski definition) is 1. The van der Waals surface area contributed by atoms with E-state index in [0.717, 1.165) is 36.4 Å². The van der Waals surface area contributed by atoms with Gasteiger partial charge < -0.3 is 19.7 Å². The zero-order valence-electron chi connectivity index (χ0n) is 24.7. The summed E-state index contributed by atoms with van der Waals surface area (Å²) in [6.07, 6.45) is 4.84. The number of nitrogens with zero attached hydrogens (tertiary/aromatic N) is 2. The van der Waals surface area contributed by atoms with Gasteiger partial charge in [0.25, 0.3) is 10.0 Å². The molecule has 1 fully saturated rings. The van der Waals surface area contributed by atoms with Crippen LogP contribution in [0.3, 0.4) is 0 Å². The van der Waals surface area contributed by atoms with Gasteiger partial charge in [-0.05, 0) is 50.1 Å². The molecule has 0 aromatic heterocycles. The van der Waals surface area contributed by atoms with E-state index < -0.39 is 34.3 Å². The maximum Gasteiger partial charge on any atom is 0.264 e. The second-order valence-electron chi connectivity index (χ2n) is 10.5. The molecule has 230 valence electrons. The predicted molar refractivity (Wildman–Crippen MR) is 162 cm³/mol. The molecule has 3 aromatic rings. The summed E-state index contributed by atoms with van der Waals surface area (Å²) in [5.74, 6) is -1.01. The first-order valence-corrected chi connectivity index (χ1v) is 15.7. The Morgan fingerprint density at radius 3 is 2.23 bits per heavy atom. The zero-order chi connectivity index (χ0) is 31.0. The van der Waals surface area contributed by atoms with Crippen molar-refractivity contribution < 1.29 is 31.9 Å². The predicted octanol–water partition coefficient (Wildman–Crippen LogP) is 4.90. The Morgan fingerprint density at radius 1 is 0.930 bits per heavy atom. The Morgan fingerprint density at radius 2 is 1.58 bits per heavy atom.